The highest BCUT2D eigenvalue weighted by molar-refractivity contribution is 5.78. The highest BCUT2D eigenvalue weighted by Gasteiger charge is 2.01. The van der Waals surface area contributed by atoms with Crippen molar-refractivity contribution in [2.45, 2.75) is 187 Å². The molecule has 0 aliphatic rings. The Morgan fingerprint density at radius 1 is 0.382 bits per heavy atom. The number of carbonyl (C=O) groups excluding carboxylic acids is 1. The Balaban J connectivity index is 3.08. The van der Waals surface area contributed by atoms with Crippen molar-refractivity contribution < 1.29 is 14.7 Å². The summed E-state index contributed by atoms with van der Waals surface area (Å²) in [6.45, 7) is 2.19. The van der Waals surface area contributed by atoms with Crippen LogP contribution in [-0.2, 0) is 9.59 Å². The molecule has 3 nitrogen and oxygen atoms in total. The number of rotatable bonds is 29. The van der Waals surface area contributed by atoms with E-state index in [1.807, 2.05) is 0 Å². The van der Waals surface area contributed by atoms with Crippen molar-refractivity contribution in [2.24, 2.45) is 0 Å². The maximum atomic E-state index is 11.7. The minimum atomic E-state index is -0.656. The molecule has 0 saturated carbocycles. The van der Waals surface area contributed by atoms with Crippen molar-refractivity contribution in [3.05, 3.63) is 0 Å². The van der Waals surface area contributed by atoms with Gasteiger partial charge in [-0.3, -0.25) is 9.59 Å². The van der Waals surface area contributed by atoms with Crippen molar-refractivity contribution in [1.29, 1.82) is 0 Å². The Morgan fingerprint density at radius 2 is 0.618 bits per heavy atom. The fourth-order valence-electron chi connectivity index (χ4n) is 4.83. The third kappa shape index (κ3) is 29.2. The molecule has 0 aliphatic heterocycles. The van der Waals surface area contributed by atoms with Crippen LogP contribution in [0.1, 0.15) is 187 Å². The van der Waals surface area contributed by atoms with Gasteiger partial charge in [-0.25, -0.2) is 0 Å². The zero-order valence-electron chi connectivity index (χ0n) is 23.1. The van der Waals surface area contributed by atoms with Gasteiger partial charge in [0.15, 0.2) is 0 Å². The summed E-state index contributed by atoms with van der Waals surface area (Å²) >= 11 is 0. The Hall–Kier alpha value is -0.860. The molecule has 0 spiro atoms. The largest absolute Gasteiger partial charge is 0.481 e. The highest BCUT2D eigenvalue weighted by Crippen LogP contribution is 2.16. The van der Waals surface area contributed by atoms with E-state index in [9.17, 15) is 9.59 Å². The number of Topliss-reactive ketones (excluding diaryl/α,β-unsaturated/α-hetero) is 1. The van der Waals surface area contributed by atoms with E-state index in [-0.39, 0.29) is 0 Å². The van der Waals surface area contributed by atoms with Crippen LogP contribution in [0.15, 0.2) is 0 Å². The second kappa shape index (κ2) is 28.4. The summed E-state index contributed by atoms with van der Waals surface area (Å²) in [5.41, 5.74) is 0. The SMILES string of the molecule is CCCCCC(=O)CCCCCCCCCCCCCCCCCCCCCCCCC(=O)O. The Labute approximate surface area is 213 Å². The molecule has 1 N–H and O–H groups in total. The predicted molar refractivity (Wildman–Crippen MR) is 148 cm³/mol. The molecular weight excluding hydrogens is 420 g/mol. The number of carboxylic acid groups (broad SMARTS) is 1. The van der Waals surface area contributed by atoms with Gasteiger partial charge in [0.1, 0.15) is 5.78 Å². The summed E-state index contributed by atoms with van der Waals surface area (Å²) in [5.74, 6) is -0.167. The molecule has 0 fully saturated rings. The normalized spacial score (nSPS) is 11.2. The van der Waals surface area contributed by atoms with Gasteiger partial charge in [-0.15, -0.1) is 0 Å². The molecule has 3 heteroatoms. The van der Waals surface area contributed by atoms with E-state index in [4.69, 9.17) is 5.11 Å². The van der Waals surface area contributed by atoms with Gasteiger partial charge in [0.2, 0.25) is 0 Å². The Kier molecular flexibility index (Phi) is 27.7. The van der Waals surface area contributed by atoms with Crippen LogP contribution in [0.2, 0.25) is 0 Å². The molecule has 34 heavy (non-hydrogen) atoms. The number of aliphatic carboxylic acids is 1. The molecule has 0 aliphatic carbocycles. The summed E-state index contributed by atoms with van der Waals surface area (Å²) in [4.78, 5) is 22.2. The van der Waals surface area contributed by atoms with Crippen molar-refractivity contribution in [2.75, 3.05) is 0 Å². The molecule has 0 aromatic rings. The van der Waals surface area contributed by atoms with E-state index < -0.39 is 5.97 Å². The third-order valence-corrected chi connectivity index (χ3v) is 7.16. The lowest BCUT2D eigenvalue weighted by Crippen LogP contribution is -1.97. The van der Waals surface area contributed by atoms with Crippen LogP contribution in [0.25, 0.3) is 0 Å². The van der Waals surface area contributed by atoms with Crippen LogP contribution in [0.3, 0.4) is 0 Å². The predicted octanol–water partition coefficient (Wildman–Crippen LogP) is 10.6. The van der Waals surface area contributed by atoms with E-state index in [0.717, 1.165) is 38.5 Å². The number of unbranched alkanes of at least 4 members (excludes halogenated alkanes) is 23. The average molecular weight is 481 g/mol. The van der Waals surface area contributed by atoms with Crippen LogP contribution < -0.4 is 0 Å². The highest BCUT2D eigenvalue weighted by atomic mass is 16.4. The lowest BCUT2D eigenvalue weighted by molar-refractivity contribution is -0.137. The fourth-order valence-corrected chi connectivity index (χ4v) is 4.83. The molecule has 0 rings (SSSR count). The quantitative estimate of drug-likeness (QED) is 0.108. The number of hydrogen-bond donors (Lipinski definition) is 1. The van der Waals surface area contributed by atoms with Gasteiger partial charge in [-0.2, -0.15) is 0 Å². The fraction of sp³-hybridized carbons (Fsp3) is 0.935. The first-order valence-electron chi connectivity index (χ1n) is 15.4. The number of ketones is 1. The van der Waals surface area contributed by atoms with Gasteiger partial charge >= 0.3 is 5.97 Å². The molecule has 0 radical (unpaired) electrons. The summed E-state index contributed by atoms with van der Waals surface area (Å²) in [5, 5.41) is 8.61. The van der Waals surface area contributed by atoms with Gasteiger partial charge in [-0.05, 0) is 19.3 Å². The smallest absolute Gasteiger partial charge is 0.303 e. The first-order valence-corrected chi connectivity index (χ1v) is 15.4. The van der Waals surface area contributed by atoms with Gasteiger partial charge in [0.25, 0.3) is 0 Å². The molecule has 0 aromatic carbocycles. The maximum Gasteiger partial charge on any atom is 0.303 e. The van der Waals surface area contributed by atoms with Crippen molar-refractivity contribution in [1.82, 2.24) is 0 Å². The first-order chi connectivity index (χ1) is 16.7. The second-order valence-electron chi connectivity index (χ2n) is 10.7. The monoisotopic (exact) mass is 480 g/mol. The minimum Gasteiger partial charge on any atom is -0.481 e. The average Bonchev–Trinajstić information content (AvgIpc) is 2.81. The molecule has 0 saturated heterocycles. The molecule has 0 aromatic heterocycles. The van der Waals surface area contributed by atoms with E-state index in [1.54, 1.807) is 0 Å². The Bertz CT molecular complexity index is 432. The molecule has 0 unspecified atom stereocenters. The molecule has 0 bridgehead atoms. The van der Waals surface area contributed by atoms with Crippen LogP contribution in [0.4, 0.5) is 0 Å². The van der Waals surface area contributed by atoms with Gasteiger partial charge < -0.3 is 5.11 Å². The third-order valence-electron chi connectivity index (χ3n) is 7.16. The molecule has 0 amide bonds. The topological polar surface area (TPSA) is 54.4 Å². The summed E-state index contributed by atoms with van der Waals surface area (Å²) < 4.78 is 0. The van der Waals surface area contributed by atoms with Crippen molar-refractivity contribution in [3.63, 3.8) is 0 Å². The number of hydrogen-bond acceptors (Lipinski definition) is 2. The zero-order valence-corrected chi connectivity index (χ0v) is 23.1. The van der Waals surface area contributed by atoms with E-state index in [2.05, 4.69) is 6.92 Å². The summed E-state index contributed by atoms with van der Waals surface area (Å²) in [7, 11) is 0. The van der Waals surface area contributed by atoms with Gasteiger partial charge in [0, 0.05) is 19.3 Å². The van der Waals surface area contributed by atoms with Crippen molar-refractivity contribution >= 4 is 11.8 Å². The standard InChI is InChI=1S/C31H60O3/c1-2-3-24-27-30(32)28-25-22-20-18-16-14-12-10-8-6-4-5-7-9-11-13-15-17-19-21-23-26-29-31(33)34/h2-29H2,1H3,(H,33,34). The van der Waals surface area contributed by atoms with Crippen LogP contribution in [0, 0.1) is 0 Å². The van der Waals surface area contributed by atoms with Crippen molar-refractivity contribution in [3.8, 4) is 0 Å². The molecule has 0 atom stereocenters. The number of carboxylic acids is 1. The molecule has 0 heterocycles. The lowest BCUT2D eigenvalue weighted by Gasteiger charge is -2.04. The summed E-state index contributed by atoms with van der Waals surface area (Å²) in [6.07, 6.45) is 34.5. The molecule has 202 valence electrons. The van der Waals surface area contributed by atoms with Gasteiger partial charge in [0.05, 0.1) is 0 Å². The second-order valence-corrected chi connectivity index (χ2v) is 10.7. The van der Waals surface area contributed by atoms with Crippen LogP contribution >= 0.6 is 0 Å². The van der Waals surface area contributed by atoms with Crippen LogP contribution in [0.5, 0.6) is 0 Å². The molecular formula is C31H60O3. The number of carbonyl (C=O) groups is 2. The first kappa shape index (κ1) is 33.1. The Morgan fingerprint density at radius 3 is 0.882 bits per heavy atom. The lowest BCUT2D eigenvalue weighted by atomic mass is 10.0. The maximum absolute atomic E-state index is 11.7. The van der Waals surface area contributed by atoms with Gasteiger partial charge in [-0.1, -0.05) is 148 Å². The van der Waals surface area contributed by atoms with E-state index >= 15 is 0 Å². The summed E-state index contributed by atoms with van der Waals surface area (Å²) in [6, 6.07) is 0. The van der Waals surface area contributed by atoms with Crippen LogP contribution in [-0.4, -0.2) is 16.9 Å². The zero-order chi connectivity index (χ0) is 25.0. The minimum absolute atomic E-state index is 0.338. The van der Waals surface area contributed by atoms with E-state index in [0.29, 0.717) is 12.2 Å². The van der Waals surface area contributed by atoms with E-state index in [1.165, 1.54) is 135 Å².